The molecule has 0 radical (unpaired) electrons. The molecule has 0 rings (SSSR count). The van der Waals surface area contributed by atoms with Gasteiger partial charge < -0.3 is 0 Å². The summed E-state index contributed by atoms with van der Waals surface area (Å²) in [5.41, 5.74) is 0. The third-order valence-corrected chi connectivity index (χ3v) is 22.0. The first-order valence-electron chi connectivity index (χ1n) is 6.62. The molecule has 4 heteroatoms. The molecule has 0 spiro atoms. The third kappa shape index (κ3) is 3.91. The standard InChI is InChI=1S/C14H32P2S2/c1-12(2,3)15(10,17)11-16(18,13(4,5)6)14(7,8)9/h11H2,1-10H3. The van der Waals surface area contributed by atoms with Gasteiger partial charge in [-0.25, -0.2) is 0 Å². The molecule has 0 aromatic rings. The maximum absolute atomic E-state index is 6.27. The second kappa shape index (κ2) is 5.25. The van der Waals surface area contributed by atoms with E-state index in [0.717, 1.165) is 5.90 Å². The maximum Gasteiger partial charge on any atom is 0.00725 e. The zero-order valence-electron chi connectivity index (χ0n) is 13.9. The van der Waals surface area contributed by atoms with Crippen LogP contribution in [0.5, 0.6) is 0 Å². The van der Waals surface area contributed by atoms with Crippen LogP contribution in [-0.2, 0) is 23.6 Å². The molecule has 0 aromatic carbocycles. The van der Waals surface area contributed by atoms with Crippen molar-refractivity contribution in [3.05, 3.63) is 0 Å². The number of hydrogen-bond acceptors (Lipinski definition) is 2. The van der Waals surface area contributed by atoms with Gasteiger partial charge in [0.05, 0.1) is 0 Å². The Hall–Kier alpha value is 1.30. The number of rotatable bonds is 2. The van der Waals surface area contributed by atoms with Gasteiger partial charge in [0.25, 0.3) is 0 Å². The SMILES string of the molecule is CC(C)(C)P(C)(=S)CP(=S)(C(C)(C)C)C(C)(C)C. The van der Waals surface area contributed by atoms with Gasteiger partial charge in [-0.1, -0.05) is 85.9 Å². The molecule has 0 nitrogen and oxygen atoms in total. The van der Waals surface area contributed by atoms with E-state index in [9.17, 15) is 0 Å². The lowest BCUT2D eigenvalue weighted by Crippen LogP contribution is -2.32. The van der Waals surface area contributed by atoms with Gasteiger partial charge in [0, 0.05) is 5.90 Å². The van der Waals surface area contributed by atoms with Crippen LogP contribution in [0.2, 0.25) is 0 Å². The first-order chi connectivity index (χ1) is 7.46. The predicted molar refractivity (Wildman–Crippen MR) is 98.6 cm³/mol. The van der Waals surface area contributed by atoms with Crippen molar-refractivity contribution >= 4 is 35.7 Å². The van der Waals surface area contributed by atoms with Crippen molar-refractivity contribution in [1.82, 2.24) is 0 Å². The normalized spacial score (nSPS) is 18.6. The van der Waals surface area contributed by atoms with E-state index in [1.165, 1.54) is 0 Å². The van der Waals surface area contributed by atoms with Crippen LogP contribution in [0.4, 0.5) is 0 Å². The molecule has 18 heavy (non-hydrogen) atoms. The molecular weight excluding hydrogens is 294 g/mol. The van der Waals surface area contributed by atoms with Gasteiger partial charge in [-0.3, -0.25) is 0 Å². The van der Waals surface area contributed by atoms with Gasteiger partial charge >= 0.3 is 0 Å². The summed E-state index contributed by atoms with van der Waals surface area (Å²) in [5, 5.41) is 0.626. The van der Waals surface area contributed by atoms with Crippen molar-refractivity contribution in [3.8, 4) is 0 Å². The zero-order chi connectivity index (χ0) is 15.2. The maximum atomic E-state index is 6.27. The summed E-state index contributed by atoms with van der Waals surface area (Å²) in [6.07, 6.45) is 0. The highest BCUT2D eigenvalue weighted by Crippen LogP contribution is 2.75. The molecule has 0 aliphatic carbocycles. The smallest absolute Gasteiger partial charge is 0.00725 e. The fourth-order valence-corrected chi connectivity index (χ4v) is 16.5. The van der Waals surface area contributed by atoms with Crippen molar-refractivity contribution in [2.75, 3.05) is 12.6 Å². The Kier molecular flexibility index (Phi) is 5.63. The molecule has 0 fully saturated rings. The highest BCUT2D eigenvalue weighted by atomic mass is 32.5. The molecule has 0 aliphatic rings. The highest BCUT2D eigenvalue weighted by Gasteiger charge is 2.45. The molecule has 0 N–H and O–H groups in total. The molecule has 0 heterocycles. The van der Waals surface area contributed by atoms with Gasteiger partial charge in [-0.2, -0.15) is 0 Å². The molecule has 0 aromatic heterocycles. The molecule has 0 saturated carbocycles. The topological polar surface area (TPSA) is 0 Å². The molecule has 0 amide bonds. The van der Waals surface area contributed by atoms with E-state index in [-0.39, 0.29) is 15.5 Å². The first-order valence-corrected chi connectivity index (χ1v) is 13.0. The lowest BCUT2D eigenvalue weighted by Gasteiger charge is -2.49. The highest BCUT2D eigenvalue weighted by molar-refractivity contribution is 8.25. The van der Waals surface area contributed by atoms with Crippen LogP contribution in [-0.4, -0.2) is 28.0 Å². The number of hydrogen-bond donors (Lipinski definition) is 0. The summed E-state index contributed by atoms with van der Waals surface area (Å²) in [6.45, 7) is 23.1. The second-order valence-electron chi connectivity index (χ2n) is 8.49. The lowest BCUT2D eigenvalue weighted by atomic mass is 10.2. The van der Waals surface area contributed by atoms with E-state index in [0.29, 0.717) is 0 Å². The first kappa shape index (κ1) is 19.3. The Morgan fingerprint density at radius 2 is 0.944 bits per heavy atom. The van der Waals surface area contributed by atoms with E-state index in [2.05, 4.69) is 69.0 Å². The van der Waals surface area contributed by atoms with Crippen LogP contribution < -0.4 is 0 Å². The Morgan fingerprint density at radius 1 is 0.667 bits per heavy atom. The summed E-state index contributed by atoms with van der Waals surface area (Å²) < 4.78 is 0. The van der Waals surface area contributed by atoms with Gasteiger partial charge in [0.15, 0.2) is 0 Å². The van der Waals surface area contributed by atoms with E-state index < -0.39 is 12.1 Å². The van der Waals surface area contributed by atoms with Crippen LogP contribution in [0.25, 0.3) is 0 Å². The van der Waals surface area contributed by atoms with Gasteiger partial charge in [-0.05, 0) is 34.2 Å². The van der Waals surface area contributed by atoms with E-state index in [1.54, 1.807) is 0 Å². The quantitative estimate of drug-likeness (QED) is 0.577. The van der Waals surface area contributed by atoms with Crippen LogP contribution in [0.1, 0.15) is 62.3 Å². The Labute approximate surface area is 126 Å². The largest absolute Gasteiger partial charge is 0.0968 e. The molecule has 110 valence electrons. The average molecular weight is 326 g/mol. The van der Waals surface area contributed by atoms with Gasteiger partial charge in [0.2, 0.25) is 0 Å². The van der Waals surface area contributed by atoms with Crippen molar-refractivity contribution in [1.29, 1.82) is 0 Å². The zero-order valence-corrected chi connectivity index (χ0v) is 17.3. The molecule has 1 atom stereocenters. The third-order valence-electron chi connectivity index (χ3n) is 4.06. The van der Waals surface area contributed by atoms with Crippen molar-refractivity contribution in [2.45, 2.75) is 77.8 Å². The molecular formula is C14H32P2S2. The fraction of sp³-hybridized carbons (Fsp3) is 1.00. The summed E-state index contributed by atoms with van der Waals surface area (Å²) in [6, 6.07) is -2.94. The average Bonchev–Trinajstić information content (AvgIpc) is 1.95. The Balaban J connectivity index is 5.75. The molecule has 0 saturated heterocycles. The summed E-state index contributed by atoms with van der Waals surface area (Å²) in [5.74, 6) is 1.11. The molecule has 0 aliphatic heterocycles. The summed E-state index contributed by atoms with van der Waals surface area (Å²) in [4.78, 5) is 0. The van der Waals surface area contributed by atoms with E-state index in [4.69, 9.17) is 23.6 Å². The van der Waals surface area contributed by atoms with Crippen LogP contribution in [0, 0.1) is 0 Å². The van der Waals surface area contributed by atoms with Crippen molar-refractivity contribution in [2.24, 2.45) is 0 Å². The van der Waals surface area contributed by atoms with E-state index >= 15 is 0 Å². The van der Waals surface area contributed by atoms with Crippen LogP contribution in [0.15, 0.2) is 0 Å². The monoisotopic (exact) mass is 326 g/mol. The Bertz CT molecular complexity index is 371. The second-order valence-corrected chi connectivity index (χ2v) is 21.6. The summed E-state index contributed by atoms with van der Waals surface area (Å²) in [7, 11) is 0. The van der Waals surface area contributed by atoms with E-state index in [1.807, 2.05) is 0 Å². The Morgan fingerprint density at radius 3 is 1.11 bits per heavy atom. The van der Waals surface area contributed by atoms with Crippen LogP contribution >= 0.6 is 12.1 Å². The fourth-order valence-electron chi connectivity index (χ4n) is 2.02. The lowest BCUT2D eigenvalue weighted by molar-refractivity contribution is 0.705. The van der Waals surface area contributed by atoms with Crippen LogP contribution in [0.3, 0.4) is 0 Å². The minimum atomic E-state index is -1.53. The minimum Gasteiger partial charge on any atom is -0.0968 e. The predicted octanol–water partition coefficient (Wildman–Crippen LogP) is 5.93. The molecule has 0 bridgehead atoms. The molecule has 1 unspecified atom stereocenters. The van der Waals surface area contributed by atoms with Gasteiger partial charge in [-0.15, -0.1) is 0 Å². The minimum absolute atomic E-state index is 0.200. The summed E-state index contributed by atoms with van der Waals surface area (Å²) >= 11 is 12.3. The van der Waals surface area contributed by atoms with Gasteiger partial charge in [0.1, 0.15) is 0 Å². The van der Waals surface area contributed by atoms with Crippen molar-refractivity contribution in [3.63, 3.8) is 0 Å². The van der Waals surface area contributed by atoms with Crippen molar-refractivity contribution < 1.29 is 0 Å².